The van der Waals surface area contributed by atoms with Crippen molar-refractivity contribution in [2.45, 2.75) is 46.3 Å². The summed E-state index contributed by atoms with van der Waals surface area (Å²) >= 11 is 0. The van der Waals surface area contributed by atoms with Gasteiger partial charge in [-0.15, -0.1) is 0 Å². The Balaban J connectivity index is 2.00. The topological polar surface area (TPSA) is 75.5 Å². The van der Waals surface area contributed by atoms with Crippen LogP contribution in [0, 0.1) is 17.0 Å². The molecule has 2 aromatic rings. The molecule has 0 radical (unpaired) electrons. The molecule has 1 aromatic carbocycles. The molecule has 1 aliphatic rings. The van der Waals surface area contributed by atoms with E-state index in [4.69, 9.17) is 0 Å². The highest BCUT2D eigenvalue weighted by Gasteiger charge is 2.31. The lowest BCUT2D eigenvalue weighted by Gasteiger charge is -2.37. The van der Waals surface area contributed by atoms with E-state index in [1.165, 1.54) is 10.5 Å². The quantitative estimate of drug-likeness (QED) is 0.675. The third kappa shape index (κ3) is 5.17. The van der Waals surface area contributed by atoms with Gasteiger partial charge in [0.2, 0.25) is 10.0 Å². The highest BCUT2D eigenvalue weighted by molar-refractivity contribution is 7.89. The first-order chi connectivity index (χ1) is 14.8. The molecule has 176 valence electrons. The molecule has 0 atom stereocenters. The van der Waals surface area contributed by atoms with Crippen LogP contribution >= 0.6 is 0 Å². The van der Waals surface area contributed by atoms with E-state index in [-0.39, 0.29) is 11.1 Å². The lowest BCUT2D eigenvalue weighted by atomic mass is 9.88. The summed E-state index contributed by atoms with van der Waals surface area (Å²) in [6.45, 7) is 10.8. The van der Waals surface area contributed by atoms with Crippen molar-refractivity contribution in [1.82, 2.24) is 14.1 Å². The van der Waals surface area contributed by atoms with Crippen molar-refractivity contribution in [3.63, 3.8) is 0 Å². The molecule has 0 aliphatic carbocycles. The first kappa shape index (κ1) is 24.3. The van der Waals surface area contributed by atoms with Gasteiger partial charge >= 0.3 is 0 Å². The average Bonchev–Trinajstić information content (AvgIpc) is 2.67. The molecule has 32 heavy (non-hydrogen) atoms. The summed E-state index contributed by atoms with van der Waals surface area (Å²) in [6.07, 6.45) is 1.95. The monoisotopic (exact) mass is 468 g/mol. The number of hydrogen-bond donors (Lipinski definition) is 0. The van der Waals surface area contributed by atoms with Crippen molar-refractivity contribution in [2.75, 3.05) is 31.1 Å². The summed E-state index contributed by atoms with van der Waals surface area (Å²) < 4.78 is 54.9. The van der Waals surface area contributed by atoms with Crippen LogP contribution in [0.4, 0.5) is 14.5 Å². The fourth-order valence-corrected chi connectivity index (χ4v) is 5.04. The van der Waals surface area contributed by atoms with E-state index in [0.29, 0.717) is 43.9 Å². The van der Waals surface area contributed by atoms with Crippen molar-refractivity contribution in [2.24, 2.45) is 5.41 Å². The Bertz CT molecular complexity index is 1130. The van der Waals surface area contributed by atoms with Crippen LogP contribution in [0.3, 0.4) is 0 Å². The Morgan fingerprint density at radius 1 is 1.03 bits per heavy atom. The van der Waals surface area contributed by atoms with Crippen LogP contribution in [0.5, 0.6) is 0 Å². The smallest absolute Gasteiger partial charge is 0.276 e. The summed E-state index contributed by atoms with van der Waals surface area (Å²) in [5, 5.41) is 3.69. The first-order valence-corrected chi connectivity index (χ1v) is 12.1. The maximum absolute atomic E-state index is 13.7. The van der Waals surface area contributed by atoms with E-state index < -0.39 is 32.5 Å². The summed E-state index contributed by atoms with van der Waals surface area (Å²) in [6, 6.07) is 2.87. The Morgan fingerprint density at radius 3 is 2.09 bits per heavy atom. The van der Waals surface area contributed by atoms with E-state index in [1.807, 2.05) is 25.7 Å². The van der Waals surface area contributed by atoms with E-state index in [2.05, 4.69) is 5.10 Å². The zero-order valence-corrected chi connectivity index (χ0v) is 19.9. The first-order valence-electron chi connectivity index (χ1n) is 10.6. The Labute approximate surface area is 187 Å². The number of nitrogens with zero attached hydrogens (tertiary/aromatic N) is 4. The fraction of sp³-hybridized carbons (Fsp3) is 0.545. The predicted molar refractivity (Wildman–Crippen MR) is 121 cm³/mol. The van der Waals surface area contributed by atoms with Crippen LogP contribution in [-0.2, 0) is 16.4 Å². The van der Waals surface area contributed by atoms with Gasteiger partial charge in [-0.1, -0.05) is 20.8 Å². The molecular weight excluding hydrogens is 438 g/mol. The summed E-state index contributed by atoms with van der Waals surface area (Å²) in [7, 11) is -3.35. The lowest BCUT2D eigenvalue weighted by Crippen LogP contribution is -2.51. The molecule has 10 heteroatoms. The molecule has 2 heterocycles. The molecule has 0 N–H and O–H groups in total. The maximum Gasteiger partial charge on any atom is 0.276 e. The minimum absolute atomic E-state index is 0.0158. The Kier molecular flexibility index (Phi) is 6.76. The fourth-order valence-electron chi connectivity index (χ4n) is 3.78. The number of anilines is 1. The van der Waals surface area contributed by atoms with Gasteiger partial charge in [0.25, 0.3) is 5.56 Å². The molecular formula is C22H30F2N4O3S. The SMILES string of the molecule is CC(C)S(=O)(=O)N1CCN(c2cnn(-c3cc(F)cc(F)c3)c(=O)c2CC(C)(C)C)CC1. The van der Waals surface area contributed by atoms with E-state index in [0.717, 1.165) is 22.9 Å². The number of piperazine rings is 1. The van der Waals surface area contributed by atoms with Gasteiger partial charge in [-0.05, 0) is 37.8 Å². The number of sulfonamides is 1. The van der Waals surface area contributed by atoms with Crippen molar-refractivity contribution in [3.8, 4) is 5.69 Å². The van der Waals surface area contributed by atoms with Gasteiger partial charge in [0.05, 0.1) is 22.8 Å². The van der Waals surface area contributed by atoms with Gasteiger partial charge in [-0.25, -0.2) is 17.2 Å². The van der Waals surface area contributed by atoms with Crippen molar-refractivity contribution in [3.05, 3.63) is 51.9 Å². The zero-order chi connectivity index (χ0) is 23.8. The van der Waals surface area contributed by atoms with Crippen LogP contribution < -0.4 is 10.5 Å². The highest BCUT2D eigenvalue weighted by atomic mass is 32.2. The molecule has 3 rings (SSSR count). The molecule has 7 nitrogen and oxygen atoms in total. The Hall–Kier alpha value is -2.33. The zero-order valence-electron chi connectivity index (χ0n) is 19.1. The van der Waals surface area contributed by atoms with Gasteiger partial charge in [0, 0.05) is 37.8 Å². The van der Waals surface area contributed by atoms with Crippen LogP contribution in [0.15, 0.2) is 29.2 Å². The van der Waals surface area contributed by atoms with Crippen LogP contribution in [0.1, 0.15) is 40.2 Å². The van der Waals surface area contributed by atoms with Crippen LogP contribution in [0.25, 0.3) is 5.69 Å². The molecule has 0 amide bonds. The van der Waals surface area contributed by atoms with Crippen molar-refractivity contribution < 1.29 is 17.2 Å². The second-order valence-corrected chi connectivity index (χ2v) is 12.1. The molecule has 0 saturated carbocycles. The van der Waals surface area contributed by atoms with E-state index >= 15 is 0 Å². The third-order valence-corrected chi connectivity index (χ3v) is 7.67. The van der Waals surface area contributed by atoms with Crippen molar-refractivity contribution in [1.29, 1.82) is 0 Å². The van der Waals surface area contributed by atoms with E-state index in [1.54, 1.807) is 13.8 Å². The standard InChI is InChI=1S/C22H30F2N4O3S/c1-15(2)32(30,31)27-8-6-26(7-9-27)20-14-25-28(18-11-16(23)10-17(24)12-18)21(29)19(20)13-22(3,4)5/h10-12,14-15H,6-9,13H2,1-5H3. The third-order valence-electron chi connectivity index (χ3n) is 5.39. The maximum atomic E-state index is 13.7. The summed E-state index contributed by atoms with van der Waals surface area (Å²) in [5.74, 6) is -1.59. The summed E-state index contributed by atoms with van der Waals surface area (Å²) in [5.41, 5.74) is 0.446. The minimum Gasteiger partial charge on any atom is -0.367 e. The molecule has 1 saturated heterocycles. The molecule has 1 aliphatic heterocycles. The normalized spacial score (nSPS) is 16.1. The van der Waals surface area contributed by atoms with E-state index in [9.17, 15) is 22.0 Å². The van der Waals surface area contributed by atoms with Crippen molar-refractivity contribution >= 4 is 15.7 Å². The van der Waals surface area contributed by atoms with Gasteiger partial charge < -0.3 is 4.90 Å². The van der Waals surface area contributed by atoms with Crippen LogP contribution in [-0.4, -0.2) is 53.9 Å². The predicted octanol–water partition coefficient (Wildman–Crippen LogP) is 2.96. The number of halogens is 2. The molecule has 1 aromatic heterocycles. The average molecular weight is 469 g/mol. The number of rotatable bonds is 5. The molecule has 0 unspecified atom stereocenters. The minimum atomic E-state index is -3.35. The lowest BCUT2D eigenvalue weighted by molar-refractivity contribution is 0.378. The highest BCUT2D eigenvalue weighted by Crippen LogP contribution is 2.27. The Morgan fingerprint density at radius 2 is 1.59 bits per heavy atom. The van der Waals surface area contributed by atoms with Gasteiger partial charge in [0.1, 0.15) is 11.6 Å². The number of benzene rings is 1. The van der Waals surface area contributed by atoms with Gasteiger partial charge in [-0.3, -0.25) is 4.79 Å². The molecule has 1 fully saturated rings. The number of hydrogen-bond acceptors (Lipinski definition) is 5. The molecule has 0 bridgehead atoms. The second kappa shape index (κ2) is 8.90. The van der Waals surface area contributed by atoms with Gasteiger partial charge in [-0.2, -0.15) is 14.1 Å². The second-order valence-electron chi connectivity index (χ2n) is 9.57. The van der Waals surface area contributed by atoms with Crippen LogP contribution in [0.2, 0.25) is 0 Å². The van der Waals surface area contributed by atoms with Gasteiger partial charge in [0.15, 0.2) is 0 Å². The summed E-state index contributed by atoms with van der Waals surface area (Å²) in [4.78, 5) is 15.3. The number of aromatic nitrogens is 2. The largest absolute Gasteiger partial charge is 0.367 e. The molecule has 0 spiro atoms.